The second kappa shape index (κ2) is 40.8. The lowest BCUT2D eigenvalue weighted by Crippen LogP contribution is -2.61. The molecule has 2 aromatic carbocycles. The normalized spacial score (nSPS) is 23.2. The topological polar surface area (TPSA) is 568 Å². The van der Waals surface area contributed by atoms with Gasteiger partial charge in [-0.15, -0.1) is 0 Å². The molecule has 1 fully saturated rings. The first-order valence-electron chi connectivity index (χ1n) is 34.6. The minimum atomic E-state index is -1.95. The summed E-state index contributed by atoms with van der Waals surface area (Å²) >= 11 is 0. The van der Waals surface area contributed by atoms with Crippen LogP contribution in [-0.2, 0) is 91.2 Å². The zero-order chi connectivity index (χ0) is 78.9. The Hall–Kier alpha value is -10.6. The molecule has 38 heteroatoms. The van der Waals surface area contributed by atoms with Crippen LogP contribution >= 0.6 is 21.6 Å². The fourth-order valence-corrected chi connectivity index (χ4v) is 13.7. The summed E-state index contributed by atoms with van der Waals surface area (Å²) in [6, 6.07) is -5.60. The van der Waals surface area contributed by atoms with Crippen LogP contribution in [0.5, 0.6) is 0 Å². The van der Waals surface area contributed by atoms with Crippen molar-refractivity contribution in [1.29, 1.82) is 0 Å². The number of carbonyl (C=O) groups excluding carboxylic acids is 12. The van der Waals surface area contributed by atoms with Crippen molar-refractivity contribution in [2.75, 3.05) is 18.1 Å². The van der Waals surface area contributed by atoms with Gasteiger partial charge in [-0.3, -0.25) is 67.1 Å². The Labute approximate surface area is 622 Å². The summed E-state index contributed by atoms with van der Waals surface area (Å²) in [5.74, 6) is -19.1. The van der Waals surface area contributed by atoms with Crippen molar-refractivity contribution in [3.8, 4) is 0 Å². The van der Waals surface area contributed by atoms with Crippen LogP contribution in [0.4, 0.5) is 0 Å². The highest BCUT2D eigenvalue weighted by Gasteiger charge is 2.39. The van der Waals surface area contributed by atoms with E-state index < -0.39 is 211 Å². The number of aromatic nitrogens is 4. The van der Waals surface area contributed by atoms with Crippen molar-refractivity contribution < 1.29 is 92.3 Å². The van der Waals surface area contributed by atoms with Crippen LogP contribution < -0.4 is 69.5 Å². The van der Waals surface area contributed by atoms with Gasteiger partial charge in [-0.2, -0.15) is 0 Å². The number of amides is 12. The molecular formula is C69H95N17O19S2. The first kappa shape index (κ1) is 85.3. The standard InChI is InChI=1S/C69H95N17O19S2/c1-32(2)19-46-60(95)74-28-53(88)77-45(17-18-54(89)90)61(96)80-47(20-33(3)4)65(100)85-56(34(5)6)68(103)82-49(22-38-26-73-44-16-12-10-14-41(38)44)63(98)84-52(67(102)86-57(36(8)87)69(104)105)30-107-106-29-51(83-59(94)42(70)24-55(91)92)66(101)76-35(7)58(93)78-48(21-37-25-72-43-15-11-9-13-40(37)43)62(97)81-50(64(99)79-46)23-39-27-71-31-75-39/h9-16,25-27,31-36,42,45-52,56-57,72-73,87H,17-24,28-30,70H2,1-8H3,(H,71,75)(H,74,95)(H,76,101)(H,77,88)(H,78,93)(H,79,99)(H,80,96)(H,81,97)(H,82,103)(H,83,94)(H,84,98)(H,85,100)(H,86,102)(H,89,90)(H,91,92)(H,104,105)/t35-,36+,42-,45-,46-,47-,48-,49-,50-,51-,52-,56-,57-/m0/s1. The van der Waals surface area contributed by atoms with Gasteiger partial charge in [0.1, 0.15) is 60.4 Å². The molecule has 0 unspecified atom stereocenters. The third-order valence-corrected chi connectivity index (χ3v) is 19.5. The van der Waals surface area contributed by atoms with E-state index in [0.717, 1.165) is 28.5 Å². The molecule has 0 saturated carbocycles. The zero-order valence-electron chi connectivity index (χ0n) is 60.2. The van der Waals surface area contributed by atoms with E-state index in [1.165, 1.54) is 19.4 Å². The van der Waals surface area contributed by atoms with Crippen LogP contribution in [0, 0.1) is 17.8 Å². The molecule has 4 heterocycles. The number of hydrogen-bond donors (Lipinski definition) is 20. The summed E-state index contributed by atoms with van der Waals surface area (Å²) in [5, 5.41) is 71.4. The van der Waals surface area contributed by atoms with Gasteiger partial charge in [0.2, 0.25) is 70.9 Å². The number of carboxylic acids is 3. The van der Waals surface area contributed by atoms with E-state index in [4.69, 9.17) is 5.73 Å². The van der Waals surface area contributed by atoms with Gasteiger partial charge in [-0.05, 0) is 74.1 Å². The summed E-state index contributed by atoms with van der Waals surface area (Å²) in [7, 11) is 1.55. The van der Waals surface area contributed by atoms with Crippen molar-refractivity contribution in [3.05, 3.63) is 90.3 Å². The van der Waals surface area contributed by atoms with Crippen molar-refractivity contribution in [2.45, 2.75) is 185 Å². The number of benzene rings is 2. The van der Waals surface area contributed by atoms with Crippen molar-refractivity contribution >= 4 is 132 Å². The fourth-order valence-electron chi connectivity index (χ4n) is 11.4. The highest BCUT2D eigenvalue weighted by Crippen LogP contribution is 2.26. The largest absolute Gasteiger partial charge is 0.481 e. The molecule has 0 radical (unpaired) electrons. The summed E-state index contributed by atoms with van der Waals surface area (Å²) < 4.78 is 0. The zero-order valence-corrected chi connectivity index (χ0v) is 61.8. The van der Waals surface area contributed by atoms with Crippen LogP contribution in [0.2, 0.25) is 0 Å². The number of fused-ring (bicyclic) bond motifs is 2. The average molecular weight is 1530 g/mol. The van der Waals surface area contributed by atoms with Gasteiger partial charge < -0.3 is 105 Å². The van der Waals surface area contributed by atoms with Crippen molar-refractivity contribution in [1.82, 2.24) is 83.7 Å². The molecule has 1 aliphatic heterocycles. The van der Waals surface area contributed by atoms with Crippen LogP contribution in [0.3, 0.4) is 0 Å². The monoisotopic (exact) mass is 1530 g/mol. The number of aliphatic hydroxyl groups excluding tert-OH is 1. The predicted octanol–water partition coefficient (Wildman–Crippen LogP) is -1.86. The lowest BCUT2D eigenvalue weighted by molar-refractivity contribution is -0.145. The number of aliphatic carboxylic acids is 3. The van der Waals surface area contributed by atoms with E-state index in [9.17, 15) is 87.5 Å². The van der Waals surface area contributed by atoms with E-state index in [1.54, 1.807) is 102 Å². The third kappa shape index (κ3) is 26.4. The van der Waals surface area contributed by atoms with Crippen molar-refractivity contribution in [3.63, 3.8) is 0 Å². The first-order chi connectivity index (χ1) is 50.6. The number of aliphatic hydroxyl groups is 1. The molecule has 0 spiro atoms. The molecule has 12 amide bonds. The lowest BCUT2D eigenvalue weighted by atomic mass is 9.98. The van der Waals surface area contributed by atoms with Crippen LogP contribution in [0.25, 0.3) is 21.8 Å². The van der Waals surface area contributed by atoms with E-state index in [1.807, 2.05) is 0 Å². The Morgan fingerprint density at radius 3 is 1.60 bits per heavy atom. The Kier molecular flexibility index (Phi) is 32.5. The molecule has 0 aliphatic carbocycles. The van der Waals surface area contributed by atoms with Gasteiger partial charge in [0.25, 0.3) is 0 Å². The van der Waals surface area contributed by atoms with Gasteiger partial charge in [0.05, 0.1) is 31.4 Å². The molecule has 0 bridgehead atoms. The second-order valence-corrected chi connectivity index (χ2v) is 29.7. The Morgan fingerprint density at radius 2 is 1.07 bits per heavy atom. The van der Waals surface area contributed by atoms with Crippen molar-refractivity contribution in [2.24, 2.45) is 23.5 Å². The summed E-state index contributed by atoms with van der Waals surface area (Å²) in [6.07, 6.45) is 1.04. The Bertz CT molecular complexity index is 4000. The smallest absolute Gasteiger partial charge is 0.328 e. The molecule has 36 nitrogen and oxygen atoms in total. The predicted molar refractivity (Wildman–Crippen MR) is 391 cm³/mol. The SMILES string of the molecule is CC(C)C[C@@H]1NC(=O)[C@H](Cc2cnc[nH]2)NC(=O)[C@H](Cc2c[nH]c3ccccc23)NC(=O)[C@H](C)NC(=O)[C@@H](NC(=O)[C@@H](N)CC(=O)O)CSSC[C@@H](C(=O)N[C@H](C(=O)O)[C@@H](C)O)NC(=O)[C@H](Cc2c[nH]c3ccccc23)NC(=O)[C@H](C(C)C)NC(=O)[C@H](CC(C)C)NC(=O)[C@H](CCC(=O)O)NC(=O)CNC1=O. The van der Waals surface area contributed by atoms with Crippen LogP contribution in [0.15, 0.2) is 73.4 Å². The maximum Gasteiger partial charge on any atom is 0.328 e. The maximum absolute atomic E-state index is 15.0. The molecule has 1 aliphatic rings. The fraction of sp³-hybridized carbons (Fsp3) is 0.507. The first-order valence-corrected chi connectivity index (χ1v) is 37.1. The molecule has 13 atom stereocenters. The molecule has 5 aromatic rings. The highest BCUT2D eigenvalue weighted by atomic mass is 33.1. The van der Waals surface area contributed by atoms with Crippen LogP contribution in [-0.4, -0.2) is 226 Å². The van der Waals surface area contributed by atoms with Crippen LogP contribution in [0.1, 0.15) is 104 Å². The molecule has 1 saturated heterocycles. The molecular weight excluding hydrogens is 1430 g/mol. The van der Waals surface area contributed by atoms with E-state index in [0.29, 0.717) is 38.6 Å². The summed E-state index contributed by atoms with van der Waals surface area (Å²) in [5.41, 5.74) is 8.48. The molecule has 3 aromatic heterocycles. The number of carbonyl (C=O) groups is 15. The van der Waals surface area contributed by atoms with Gasteiger partial charge in [-0.1, -0.05) is 99.5 Å². The highest BCUT2D eigenvalue weighted by molar-refractivity contribution is 8.76. The number of rotatable bonds is 22. The molecule has 21 N–H and O–H groups in total. The van der Waals surface area contributed by atoms with Gasteiger partial charge in [0.15, 0.2) is 6.04 Å². The Morgan fingerprint density at radius 1 is 0.570 bits per heavy atom. The number of carboxylic acid groups (broad SMARTS) is 3. The minimum absolute atomic E-state index is 0.0472. The Balaban J connectivity index is 1.44. The minimum Gasteiger partial charge on any atom is -0.481 e. The number of H-pyrrole nitrogens is 3. The third-order valence-electron chi connectivity index (χ3n) is 17.1. The van der Waals surface area contributed by atoms with Gasteiger partial charge in [0, 0.05) is 83.3 Å². The summed E-state index contributed by atoms with van der Waals surface area (Å²) in [6.45, 7) is 11.5. The lowest BCUT2D eigenvalue weighted by Gasteiger charge is -2.29. The number of nitrogens with zero attached hydrogens (tertiary/aromatic N) is 1. The second-order valence-electron chi connectivity index (χ2n) is 27.2. The van der Waals surface area contributed by atoms with Gasteiger partial charge >= 0.3 is 17.9 Å². The van der Waals surface area contributed by atoms with E-state index in [-0.39, 0.29) is 43.9 Å². The molecule has 6 rings (SSSR count). The number of nitrogens with two attached hydrogens (primary N) is 1. The molecule has 107 heavy (non-hydrogen) atoms. The number of imidazole rings is 1. The quantitative estimate of drug-likeness (QED) is 0.0338. The van der Waals surface area contributed by atoms with E-state index >= 15 is 4.79 Å². The number of para-hydroxylation sites is 2. The maximum atomic E-state index is 15.0. The van der Waals surface area contributed by atoms with E-state index in [2.05, 4.69) is 83.7 Å². The number of nitrogens with one attached hydrogen (secondary N) is 15. The number of hydrogen-bond acceptors (Lipinski definition) is 20. The van der Waals surface area contributed by atoms with Gasteiger partial charge in [-0.25, -0.2) is 9.78 Å². The number of aromatic amines is 3. The molecule has 582 valence electrons. The average Bonchev–Trinajstić information content (AvgIpc) is 1.69. The summed E-state index contributed by atoms with van der Waals surface area (Å²) in [4.78, 5) is 222.